The Labute approximate surface area is 86.9 Å². The van der Waals surface area contributed by atoms with Gasteiger partial charge in [-0.1, -0.05) is 0 Å². The van der Waals surface area contributed by atoms with E-state index in [1.54, 1.807) is 0 Å². The summed E-state index contributed by atoms with van der Waals surface area (Å²) in [4.78, 5) is 20.8. The van der Waals surface area contributed by atoms with Gasteiger partial charge in [-0.05, 0) is 0 Å². The third kappa shape index (κ3) is 3.81. The van der Waals surface area contributed by atoms with Crippen molar-refractivity contribution in [2.75, 3.05) is 7.11 Å². The van der Waals surface area contributed by atoms with Gasteiger partial charge in [0.1, 0.15) is 6.10 Å². The van der Waals surface area contributed by atoms with Crippen molar-refractivity contribution in [1.29, 1.82) is 0 Å². The van der Waals surface area contributed by atoms with Crippen molar-refractivity contribution in [3.63, 3.8) is 0 Å². The molecule has 0 aromatic heterocycles. The molecule has 0 radical (unpaired) electrons. The molecule has 0 amide bonds. The fourth-order valence-corrected chi connectivity index (χ4v) is 2.25. The average Bonchev–Trinajstić information content (AvgIpc) is 2.07. The van der Waals surface area contributed by atoms with Gasteiger partial charge in [-0.15, -0.1) is 0 Å². The fourth-order valence-electron chi connectivity index (χ4n) is 1.68. The van der Waals surface area contributed by atoms with E-state index in [4.69, 9.17) is 4.74 Å². The number of hydrogen-bond acceptors (Lipinski definition) is 7. The zero-order chi connectivity index (χ0) is 11.6. The van der Waals surface area contributed by atoms with Crippen LogP contribution in [0.4, 0.5) is 0 Å². The summed E-state index contributed by atoms with van der Waals surface area (Å²) >= 11 is 0. The minimum atomic E-state index is -5.16. The molecule has 0 aliphatic heterocycles. The molecule has 15 heavy (non-hydrogen) atoms. The van der Waals surface area contributed by atoms with E-state index >= 15 is 0 Å². The summed E-state index contributed by atoms with van der Waals surface area (Å²) < 4.78 is 19.5. The topological polar surface area (TPSA) is 122 Å². The minimum absolute atomic E-state index is 0.0372. The highest BCUT2D eigenvalue weighted by atomic mass is 31.2. The number of rotatable bonds is 3. The molecular weight excluding hydrogens is 227 g/mol. The third-order valence-corrected chi connectivity index (χ3v) is 2.82. The molecule has 1 aliphatic rings. The van der Waals surface area contributed by atoms with Gasteiger partial charge in [0.05, 0.1) is 26.1 Å². The molecule has 1 fully saturated rings. The zero-order valence-corrected chi connectivity index (χ0v) is 9.00. The van der Waals surface area contributed by atoms with Crippen LogP contribution in [0.3, 0.4) is 0 Å². The number of aliphatic hydroxyl groups is 2. The lowest BCUT2D eigenvalue weighted by Gasteiger charge is -2.42. The fraction of sp³-hybridized carbons (Fsp3) is 1.00. The molecule has 0 saturated heterocycles. The number of hydrogen-bond donors (Lipinski definition) is 2. The average molecular weight is 240 g/mol. The van der Waals surface area contributed by atoms with Crippen LogP contribution in [0, 0.1) is 0 Å². The summed E-state index contributed by atoms with van der Waals surface area (Å²) in [7, 11) is -3.88. The second-order valence-corrected chi connectivity index (χ2v) is 4.59. The van der Waals surface area contributed by atoms with Crippen LogP contribution >= 0.6 is 7.82 Å². The number of methoxy groups -OCH3 is 1. The lowest BCUT2D eigenvalue weighted by Crippen LogP contribution is -2.49. The number of aliphatic hydroxyl groups excluding tert-OH is 2. The van der Waals surface area contributed by atoms with Crippen LogP contribution in [0.5, 0.6) is 0 Å². The van der Waals surface area contributed by atoms with E-state index in [1.807, 2.05) is 0 Å². The first-order chi connectivity index (χ1) is 6.83. The Balaban J connectivity index is 2.70. The normalized spacial score (nSPS) is 37.9. The Kier molecular flexibility index (Phi) is 4.25. The van der Waals surface area contributed by atoms with E-state index in [0.717, 1.165) is 0 Å². The van der Waals surface area contributed by atoms with E-state index in [2.05, 4.69) is 4.52 Å². The van der Waals surface area contributed by atoms with Crippen molar-refractivity contribution in [2.45, 2.75) is 37.3 Å². The van der Waals surface area contributed by atoms with Gasteiger partial charge in [-0.25, -0.2) is 0 Å². The lowest BCUT2D eigenvalue weighted by molar-refractivity contribution is -0.350. The SMILES string of the molecule is CO[C@@H]1C[C@H](O)C[C@@H](O)[C@H]1OP(=O)([O-])[O-]. The molecule has 4 atom stereocenters. The van der Waals surface area contributed by atoms with Crippen LogP contribution in [0.1, 0.15) is 12.8 Å². The maximum Gasteiger partial charge on any atom is 0.115 e. The summed E-state index contributed by atoms with van der Waals surface area (Å²) in [5.74, 6) is 0. The zero-order valence-electron chi connectivity index (χ0n) is 8.11. The van der Waals surface area contributed by atoms with Crippen LogP contribution in [-0.4, -0.2) is 41.7 Å². The first kappa shape index (κ1) is 13.1. The maximum atomic E-state index is 10.4. The molecule has 1 rings (SSSR count). The molecule has 0 aromatic carbocycles. The van der Waals surface area contributed by atoms with Gasteiger partial charge < -0.3 is 33.8 Å². The van der Waals surface area contributed by atoms with Gasteiger partial charge in [-0.2, -0.15) is 0 Å². The standard InChI is InChI=1S/C7H15O7P/c1-13-6-3-4(8)2-5(9)7(6)14-15(10,11)12/h4-9H,2-3H2,1H3,(H2,10,11,12)/p-2/t4-,5-,6-,7-/m1/s1. The molecular formula is C7H13O7P-2. The Hall–Kier alpha value is -0.0100. The molecule has 0 bridgehead atoms. The molecule has 90 valence electrons. The smallest absolute Gasteiger partial charge is 0.115 e. The summed E-state index contributed by atoms with van der Waals surface area (Å²) in [6.45, 7) is 0. The molecule has 0 unspecified atom stereocenters. The second kappa shape index (κ2) is 4.88. The van der Waals surface area contributed by atoms with Gasteiger partial charge in [0.25, 0.3) is 0 Å². The van der Waals surface area contributed by atoms with E-state index in [0.29, 0.717) is 0 Å². The first-order valence-corrected chi connectivity index (χ1v) is 5.89. The van der Waals surface area contributed by atoms with Crippen LogP contribution < -0.4 is 9.79 Å². The minimum Gasteiger partial charge on any atom is -0.790 e. The molecule has 0 heterocycles. The van der Waals surface area contributed by atoms with Crippen LogP contribution in [0.15, 0.2) is 0 Å². The molecule has 8 heteroatoms. The Morgan fingerprint density at radius 2 is 1.93 bits per heavy atom. The van der Waals surface area contributed by atoms with Crippen molar-refractivity contribution in [1.82, 2.24) is 0 Å². The largest absolute Gasteiger partial charge is 0.790 e. The maximum absolute atomic E-state index is 10.4. The Bertz CT molecular complexity index is 252. The highest BCUT2D eigenvalue weighted by Crippen LogP contribution is 2.34. The van der Waals surface area contributed by atoms with Gasteiger partial charge in [0, 0.05) is 20.0 Å². The van der Waals surface area contributed by atoms with Gasteiger partial charge in [0.15, 0.2) is 0 Å². The van der Waals surface area contributed by atoms with Crippen molar-refractivity contribution < 1.29 is 33.8 Å². The predicted molar refractivity (Wildman–Crippen MR) is 44.5 cm³/mol. The third-order valence-electron chi connectivity index (χ3n) is 2.32. The predicted octanol–water partition coefficient (Wildman–Crippen LogP) is -2.27. The van der Waals surface area contributed by atoms with Crippen LogP contribution in [-0.2, 0) is 13.8 Å². The Morgan fingerprint density at radius 3 is 2.40 bits per heavy atom. The highest BCUT2D eigenvalue weighted by molar-refractivity contribution is 7.43. The first-order valence-electron chi connectivity index (χ1n) is 4.43. The molecule has 1 aliphatic carbocycles. The molecule has 0 spiro atoms. The summed E-state index contributed by atoms with van der Waals surface area (Å²) in [6, 6.07) is 0. The van der Waals surface area contributed by atoms with E-state index < -0.39 is 32.2 Å². The summed E-state index contributed by atoms with van der Waals surface area (Å²) in [6.07, 6.45) is -3.97. The second-order valence-electron chi connectivity index (χ2n) is 3.48. The molecule has 2 N–H and O–H groups in total. The van der Waals surface area contributed by atoms with Crippen LogP contribution in [0.2, 0.25) is 0 Å². The van der Waals surface area contributed by atoms with Crippen molar-refractivity contribution in [2.24, 2.45) is 0 Å². The molecule has 7 nitrogen and oxygen atoms in total. The van der Waals surface area contributed by atoms with E-state index in [-0.39, 0.29) is 12.8 Å². The monoisotopic (exact) mass is 240 g/mol. The quantitative estimate of drug-likeness (QED) is 0.533. The molecule has 1 saturated carbocycles. The number of phosphoric acid groups is 1. The van der Waals surface area contributed by atoms with Gasteiger partial charge >= 0.3 is 0 Å². The van der Waals surface area contributed by atoms with Gasteiger partial charge in [0.2, 0.25) is 0 Å². The number of ether oxygens (including phenoxy) is 1. The van der Waals surface area contributed by atoms with Gasteiger partial charge in [-0.3, -0.25) is 0 Å². The number of phosphoric ester groups is 1. The van der Waals surface area contributed by atoms with Crippen molar-refractivity contribution in [3.05, 3.63) is 0 Å². The van der Waals surface area contributed by atoms with E-state index in [1.165, 1.54) is 7.11 Å². The molecule has 0 aromatic rings. The highest BCUT2D eigenvalue weighted by Gasteiger charge is 2.37. The van der Waals surface area contributed by atoms with Crippen LogP contribution in [0.25, 0.3) is 0 Å². The summed E-state index contributed by atoms with van der Waals surface area (Å²) in [5.41, 5.74) is 0. The Morgan fingerprint density at radius 1 is 1.33 bits per heavy atom. The van der Waals surface area contributed by atoms with E-state index in [9.17, 15) is 24.6 Å². The summed E-state index contributed by atoms with van der Waals surface area (Å²) in [5, 5.41) is 18.7. The van der Waals surface area contributed by atoms with Crippen molar-refractivity contribution in [3.8, 4) is 0 Å². The van der Waals surface area contributed by atoms with Crippen molar-refractivity contribution >= 4 is 7.82 Å². The lowest BCUT2D eigenvalue weighted by atomic mass is 9.90.